The van der Waals surface area contributed by atoms with Gasteiger partial charge in [-0.3, -0.25) is 10.1 Å². The van der Waals surface area contributed by atoms with Crippen molar-refractivity contribution in [3.63, 3.8) is 0 Å². The third kappa shape index (κ3) is 5.01. The summed E-state index contributed by atoms with van der Waals surface area (Å²) in [4.78, 5) is 51.7. The molecule has 3 N–H and O–H groups in total. The van der Waals surface area contributed by atoms with E-state index in [-0.39, 0.29) is 17.9 Å². The van der Waals surface area contributed by atoms with E-state index in [1.165, 1.54) is 7.05 Å². The van der Waals surface area contributed by atoms with Gasteiger partial charge in [0.1, 0.15) is 5.69 Å². The monoisotopic (exact) mass is 401 g/mol. The van der Waals surface area contributed by atoms with E-state index in [0.29, 0.717) is 16.8 Å². The molecule has 1 aromatic heterocycles. The molecule has 1 aromatic carbocycles. The maximum Gasteiger partial charge on any atom is 0.356 e. The van der Waals surface area contributed by atoms with Crippen molar-refractivity contribution >= 4 is 23.9 Å². The summed E-state index contributed by atoms with van der Waals surface area (Å²) < 4.78 is 10.4. The molecule has 0 saturated carbocycles. The first kappa shape index (κ1) is 21.7. The molecule has 2 aromatic rings. The molecule has 9 heteroatoms. The molecule has 0 unspecified atom stereocenters. The molecule has 29 heavy (non-hydrogen) atoms. The van der Waals surface area contributed by atoms with Gasteiger partial charge in [0.15, 0.2) is 0 Å². The summed E-state index contributed by atoms with van der Waals surface area (Å²) >= 11 is 0. The second-order valence-electron chi connectivity index (χ2n) is 6.11. The summed E-state index contributed by atoms with van der Waals surface area (Å²) in [6.07, 6.45) is -1.37. The number of H-pyrrole nitrogens is 1. The quantitative estimate of drug-likeness (QED) is 0.637. The normalized spacial score (nSPS) is 11.3. The van der Waals surface area contributed by atoms with Gasteiger partial charge in [-0.05, 0) is 26.3 Å². The van der Waals surface area contributed by atoms with Crippen LogP contribution in [0.2, 0.25) is 0 Å². The average molecular weight is 401 g/mol. The van der Waals surface area contributed by atoms with Crippen LogP contribution in [0.15, 0.2) is 30.3 Å². The van der Waals surface area contributed by atoms with E-state index >= 15 is 0 Å². The highest BCUT2D eigenvalue weighted by atomic mass is 16.5. The minimum atomic E-state index is -1.37. The standard InChI is InChI=1S/C20H23N3O6/c1-5-28-18(25)14-11(2)15(22-12(14)3)19(26)29-16(13-9-7-6-8-10-13)17(24)23-20(27)21-4/h6-10,16,22H,5H2,1-4H3,(H2,21,23,24,27)/t16-/m0/s1. The van der Waals surface area contributed by atoms with Gasteiger partial charge in [0.2, 0.25) is 6.10 Å². The first-order valence-corrected chi connectivity index (χ1v) is 8.94. The van der Waals surface area contributed by atoms with E-state index in [9.17, 15) is 19.2 Å². The van der Waals surface area contributed by atoms with Crippen molar-refractivity contribution in [1.82, 2.24) is 15.6 Å². The molecule has 1 heterocycles. The first-order valence-electron chi connectivity index (χ1n) is 8.94. The lowest BCUT2D eigenvalue weighted by molar-refractivity contribution is -0.129. The van der Waals surface area contributed by atoms with Crippen molar-refractivity contribution in [1.29, 1.82) is 0 Å². The number of hydrogen-bond acceptors (Lipinski definition) is 6. The number of rotatable bonds is 6. The Morgan fingerprint density at radius 3 is 2.31 bits per heavy atom. The molecule has 0 bridgehead atoms. The van der Waals surface area contributed by atoms with Gasteiger partial charge < -0.3 is 19.8 Å². The van der Waals surface area contributed by atoms with Gasteiger partial charge in [-0.25, -0.2) is 14.4 Å². The lowest BCUT2D eigenvalue weighted by atomic mass is 10.1. The van der Waals surface area contributed by atoms with Crippen LogP contribution in [0.4, 0.5) is 4.79 Å². The molecule has 0 aliphatic rings. The molecule has 0 saturated heterocycles. The van der Waals surface area contributed by atoms with Crippen LogP contribution in [0.25, 0.3) is 0 Å². The number of esters is 2. The second kappa shape index (κ2) is 9.54. The summed E-state index contributed by atoms with van der Waals surface area (Å²) in [6.45, 7) is 5.08. The van der Waals surface area contributed by atoms with E-state index in [0.717, 1.165) is 0 Å². The summed E-state index contributed by atoms with van der Waals surface area (Å²) in [7, 11) is 1.36. The van der Waals surface area contributed by atoms with Crippen LogP contribution in [0.5, 0.6) is 0 Å². The maximum absolute atomic E-state index is 12.8. The van der Waals surface area contributed by atoms with Crippen LogP contribution in [0.1, 0.15) is 50.7 Å². The van der Waals surface area contributed by atoms with E-state index in [1.54, 1.807) is 51.1 Å². The fourth-order valence-corrected chi connectivity index (χ4v) is 2.77. The highest BCUT2D eigenvalue weighted by molar-refractivity contribution is 6.01. The minimum Gasteiger partial charge on any atom is -0.462 e. The highest BCUT2D eigenvalue weighted by Gasteiger charge is 2.30. The molecule has 0 aliphatic carbocycles. The number of hydrogen-bond donors (Lipinski definition) is 3. The lowest BCUT2D eigenvalue weighted by Crippen LogP contribution is -2.41. The number of benzene rings is 1. The van der Waals surface area contributed by atoms with Crippen LogP contribution in [-0.4, -0.2) is 42.5 Å². The number of ether oxygens (including phenoxy) is 2. The average Bonchev–Trinajstić information content (AvgIpc) is 3.00. The number of imide groups is 1. The predicted molar refractivity (Wildman–Crippen MR) is 103 cm³/mol. The van der Waals surface area contributed by atoms with Gasteiger partial charge in [0, 0.05) is 18.3 Å². The Kier molecular flexibility index (Phi) is 7.13. The summed E-state index contributed by atoms with van der Waals surface area (Å²) in [6, 6.07) is 7.54. The summed E-state index contributed by atoms with van der Waals surface area (Å²) in [5.74, 6) is -2.22. The van der Waals surface area contributed by atoms with Crippen LogP contribution >= 0.6 is 0 Å². The number of amides is 3. The number of aromatic amines is 1. The second-order valence-corrected chi connectivity index (χ2v) is 6.11. The van der Waals surface area contributed by atoms with Crippen molar-refractivity contribution in [3.05, 3.63) is 58.4 Å². The number of carbonyl (C=O) groups excluding carboxylic acids is 4. The molecule has 3 amide bonds. The number of carbonyl (C=O) groups is 4. The molecule has 154 valence electrons. The first-order chi connectivity index (χ1) is 13.8. The van der Waals surface area contributed by atoms with Crippen molar-refractivity contribution < 1.29 is 28.7 Å². The molecule has 0 radical (unpaired) electrons. The van der Waals surface area contributed by atoms with Gasteiger partial charge in [-0.1, -0.05) is 30.3 Å². The number of aromatic nitrogens is 1. The third-order valence-electron chi connectivity index (χ3n) is 4.15. The fraction of sp³-hybridized carbons (Fsp3) is 0.300. The third-order valence-corrected chi connectivity index (χ3v) is 4.15. The predicted octanol–water partition coefficient (Wildman–Crippen LogP) is 2.16. The van der Waals surface area contributed by atoms with Gasteiger partial charge in [0.05, 0.1) is 12.2 Å². The van der Waals surface area contributed by atoms with Crippen molar-refractivity contribution in [2.75, 3.05) is 13.7 Å². The van der Waals surface area contributed by atoms with E-state index in [1.807, 2.05) is 0 Å². The molecule has 0 fully saturated rings. The fourth-order valence-electron chi connectivity index (χ4n) is 2.77. The SMILES string of the molecule is CCOC(=O)c1c(C)[nH]c(C(=O)O[C@H](C(=O)NC(=O)NC)c2ccccc2)c1C. The Labute approximate surface area is 167 Å². The van der Waals surface area contributed by atoms with Gasteiger partial charge in [0.25, 0.3) is 5.91 Å². The van der Waals surface area contributed by atoms with Gasteiger partial charge in [-0.2, -0.15) is 0 Å². The van der Waals surface area contributed by atoms with Crippen molar-refractivity contribution in [3.8, 4) is 0 Å². The molecular weight excluding hydrogens is 378 g/mol. The van der Waals surface area contributed by atoms with Crippen LogP contribution < -0.4 is 10.6 Å². The molecular formula is C20H23N3O6. The lowest BCUT2D eigenvalue weighted by Gasteiger charge is -2.17. The zero-order valence-corrected chi connectivity index (χ0v) is 16.6. The number of urea groups is 1. The van der Waals surface area contributed by atoms with Gasteiger partial charge in [-0.15, -0.1) is 0 Å². The minimum absolute atomic E-state index is 0.0271. The van der Waals surface area contributed by atoms with Crippen molar-refractivity contribution in [2.24, 2.45) is 0 Å². The van der Waals surface area contributed by atoms with E-state index in [4.69, 9.17) is 9.47 Å². The van der Waals surface area contributed by atoms with E-state index < -0.39 is 30.0 Å². The molecule has 0 spiro atoms. The Morgan fingerprint density at radius 2 is 1.72 bits per heavy atom. The van der Waals surface area contributed by atoms with E-state index in [2.05, 4.69) is 15.6 Å². The Morgan fingerprint density at radius 1 is 1.07 bits per heavy atom. The Bertz CT molecular complexity index is 920. The highest BCUT2D eigenvalue weighted by Crippen LogP contribution is 2.24. The Balaban J connectivity index is 2.33. The topological polar surface area (TPSA) is 127 Å². The summed E-state index contributed by atoms with van der Waals surface area (Å²) in [5, 5.41) is 4.36. The zero-order valence-electron chi connectivity index (χ0n) is 16.6. The molecule has 9 nitrogen and oxygen atoms in total. The number of aryl methyl sites for hydroxylation is 1. The van der Waals surface area contributed by atoms with Crippen LogP contribution in [-0.2, 0) is 14.3 Å². The van der Waals surface area contributed by atoms with Gasteiger partial charge >= 0.3 is 18.0 Å². The molecule has 1 atom stereocenters. The van der Waals surface area contributed by atoms with Crippen LogP contribution in [0.3, 0.4) is 0 Å². The van der Waals surface area contributed by atoms with Crippen molar-refractivity contribution in [2.45, 2.75) is 26.9 Å². The zero-order chi connectivity index (χ0) is 21.6. The van der Waals surface area contributed by atoms with Crippen LogP contribution in [0, 0.1) is 13.8 Å². The Hall–Kier alpha value is -3.62. The largest absolute Gasteiger partial charge is 0.462 e. The summed E-state index contributed by atoms with van der Waals surface area (Å²) in [5.41, 5.74) is 1.45. The molecule has 0 aliphatic heterocycles. The maximum atomic E-state index is 12.8. The smallest absolute Gasteiger partial charge is 0.356 e. The number of nitrogens with one attached hydrogen (secondary N) is 3. The molecule has 2 rings (SSSR count).